The lowest BCUT2D eigenvalue weighted by Gasteiger charge is -2.20. The van der Waals surface area contributed by atoms with Gasteiger partial charge in [0.2, 0.25) is 0 Å². The topological polar surface area (TPSA) is 35.5 Å². The molecule has 0 aliphatic heterocycles. The van der Waals surface area contributed by atoms with Crippen molar-refractivity contribution in [3.05, 3.63) is 23.3 Å². The largest absolute Gasteiger partial charge is 0.482 e. The van der Waals surface area contributed by atoms with E-state index < -0.39 is 0 Å². The van der Waals surface area contributed by atoms with Crippen LogP contribution in [0.1, 0.15) is 30.9 Å². The van der Waals surface area contributed by atoms with Gasteiger partial charge in [-0.25, -0.2) is 4.79 Å². The smallest absolute Gasteiger partial charge is 0.344 e. The monoisotopic (exact) mass is 266 g/mol. The first-order valence-electron chi connectivity index (χ1n) is 6.34. The molecule has 2 rings (SSSR count). The van der Waals surface area contributed by atoms with Crippen LogP contribution >= 0.6 is 12.6 Å². The molecule has 0 atom stereocenters. The van der Waals surface area contributed by atoms with Gasteiger partial charge in [-0.2, -0.15) is 0 Å². The minimum absolute atomic E-state index is 0.0216. The Kier molecular flexibility index (Phi) is 4.53. The van der Waals surface area contributed by atoms with Crippen LogP contribution in [0.5, 0.6) is 5.75 Å². The van der Waals surface area contributed by atoms with Gasteiger partial charge in [0.15, 0.2) is 6.61 Å². The zero-order chi connectivity index (χ0) is 13.0. The van der Waals surface area contributed by atoms with Crippen molar-refractivity contribution in [2.24, 2.45) is 0 Å². The maximum absolute atomic E-state index is 11.3. The molecule has 0 fully saturated rings. The van der Waals surface area contributed by atoms with E-state index in [1.54, 1.807) is 6.92 Å². The minimum atomic E-state index is -0.322. The summed E-state index contributed by atoms with van der Waals surface area (Å²) in [4.78, 5) is 12.3. The van der Waals surface area contributed by atoms with Gasteiger partial charge in [0.1, 0.15) is 5.75 Å². The van der Waals surface area contributed by atoms with E-state index in [4.69, 9.17) is 9.47 Å². The Morgan fingerprint density at radius 2 is 2.00 bits per heavy atom. The summed E-state index contributed by atoms with van der Waals surface area (Å²) in [5.41, 5.74) is 2.48. The standard InChI is InChI=1S/C14H18O3S/c1-2-16-14(15)9-17-12-7-8-13(18)11-6-4-3-5-10(11)12/h7-8,18H,2-6,9H2,1H3. The van der Waals surface area contributed by atoms with Gasteiger partial charge in [0.25, 0.3) is 0 Å². The number of benzene rings is 1. The number of hydrogen-bond donors (Lipinski definition) is 1. The first-order valence-corrected chi connectivity index (χ1v) is 6.79. The van der Waals surface area contributed by atoms with Crippen LogP contribution in [0.15, 0.2) is 17.0 Å². The Morgan fingerprint density at radius 1 is 1.28 bits per heavy atom. The molecule has 0 heterocycles. The van der Waals surface area contributed by atoms with Gasteiger partial charge in [-0.3, -0.25) is 0 Å². The molecule has 1 aliphatic carbocycles. The molecule has 0 amide bonds. The third-order valence-electron chi connectivity index (χ3n) is 3.12. The SMILES string of the molecule is CCOC(=O)COc1ccc(S)c2c1CCCC2. The third kappa shape index (κ3) is 2.99. The molecular formula is C14H18O3S. The van der Waals surface area contributed by atoms with Crippen molar-refractivity contribution >= 4 is 18.6 Å². The summed E-state index contributed by atoms with van der Waals surface area (Å²) < 4.78 is 10.4. The highest BCUT2D eigenvalue weighted by atomic mass is 32.1. The second-order valence-corrected chi connectivity index (χ2v) is 4.82. The Balaban J connectivity index is 2.11. The van der Waals surface area contributed by atoms with E-state index in [0.29, 0.717) is 6.61 Å². The Hall–Kier alpha value is -1.16. The summed E-state index contributed by atoms with van der Waals surface area (Å²) in [6.07, 6.45) is 4.41. The molecule has 0 saturated heterocycles. The fourth-order valence-electron chi connectivity index (χ4n) is 2.29. The third-order valence-corrected chi connectivity index (χ3v) is 3.54. The average molecular weight is 266 g/mol. The maximum Gasteiger partial charge on any atom is 0.344 e. The molecule has 0 spiro atoms. The quantitative estimate of drug-likeness (QED) is 0.672. The molecule has 0 N–H and O–H groups in total. The molecule has 3 nitrogen and oxygen atoms in total. The molecule has 0 bridgehead atoms. The fraction of sp³-hybridized carbons (Fsp3) is 0.500. The number of rotatable bonds is 4. The number of fused-ring (bicyclic) bond motifs is 1. The lowest BCUT2D eigenvalue weighted by molar-refractivity contribution is -0.145. The van der Waals surface area contributed by atoms with Crippen molar-refractivity contribution in [2.45, 2.75) is 37.5 Å². The van der Waals surface area contributed by atoms with Crippen LogP contribution < -0.4 is 4.74 Å². The summed E-state index contributed by atoms with van der Waals surface area (Å²) in [5, 5.41) is 0. The van der Waals surface area contributed by atoms with Gasteiger partial charge < -0.3 is 9.47 Å². The second kappa shape index (κ2) is 6.14. The lowest BCUT2D eigenvalue weighted by Crippen LogP contribution is -2.16. The van der Waals surface area contributed by atoms with Crippen LogP contribution in [-0.2, 0) is 22.4 Å². The van der Waals surface area contributed by atoms with E-state index in [1.807, 2.05) is 12.1 Å². The minimum Gasteiger partial charge on any atom is -0.482 e. The summed E-state index contributed by atoms with van der Waals surface area (Å²) in [6, 6.07) is 3.83. The molecule has 1 aromatic rings. The zero-order valence-corrected chi connectivity index (χ0v) is 11.5. The van der Waals surface area contributed by atoms with E-state index in [-0.39, 0.29) is 12.6 Å². The maximum atomic E-state index is 11.3. The molecule has 0 radical (unpaired) electrons. The highest BCUT2D eigenvalue weighted by Crippen LogP contribution is 2.33. The van der Waals surface area contributed by atoms with Crippen molar-refractivity contribution in [3.8, 4) is 5.75 Å². The average Bonchev–Trinajstić information content (AvgIpc) is 2.39. The highest BCUT2D eigenvalue weighted by molar-refractivity contribution is 7.80. The predicted octanol–water partition coefficient (Wildman–Crippen LogP) is 2.80. The van der Waals surface area contributed by atoms with Gasteiger partial charge in [-0.15, -0.1) is 12.6 Å². The molecule has 1 aliphatic rings. The number of hydrogen-bond acceptors (Lipinski definition) is 4. The van der Waals surface area contributed by atoms with Crippen LogP contribution in [0.2, 0.25) is 0 Å². The van der Waals surface area contributed by atoms with Crippen LogP contribution in [0.25, 0.3) is 0 Å². The van der Waals surface area contributed by atoms with Crippen LogP contribution in [0.4, 0.5) is 0 Å². The summed E-state index contributed by atoms with van der Waals surface area (Å²) in [5.74, 6) is 0.479. The normalized spacial score (nSPS) is 13.9. The molecule has 18 heavy (non-hydrogen) atoms. The van der Waals surface area contributed by atoms with E-state index in [2.05, 4.69) is 12.6 Å². The van der Waals surface area contributed by atoms with Crippen LogP contribution in [0.3, 0.4) is 0 Å². The van der Waals surface area contributed by atoms with E-state index >= 15 is 0 Å². The zero-order valence-electron chi connectivity index (χ0n) is 10.6. The van der Waals surface area contributed by atoms with Crippen LogP contribution in [-0.4, -0.2) is 19.2 Å². The Bertz CT molecular complexity index is 443. The second-order valence-electron chi connectivity index (χ2n) is 4.34. The number of thiol groups is 1. The summed E-state index contributed by atoms with van der Waals surface area (Å²) in [6.45, 7) is 2.15. The van der Waals surface area contributed by atoms with E-state index in [1.165, 1.54) is 24.0 Å². The Morgan fingerprint density at radius 3 is 2.72 bits per heavy atom. The molecule has 0 saturated carbocycles. The summed E-state index contributed by atoms with van der Waals surface area (Å²) >= 11 is 4.48. The van der Waals surface area contributed by atoms with E-state index in [9.17, 15) is 4.79 Å². The fourth-order valence-corrected chi connectivity index (χ4v) is 2.61. The molecule has 98 valence electrons. The van der Waals surface area contributed by atoms with Gasteiger partial charge >= 0.3 is 5.97 Å². The van der Waals surface area contributed by atoms with Crippen molar-refractivity contribution in [3.63, 3.8) is 0 Å². The molecule has 4 heteroatoms. The van der Waals surface area contributed by atoms with Crippen molar-refractivity contribution in [1.82, 2.24) is 0 Å². The van der Waals surface area contributed by atoms with Crippen molar-refractivity contribution in [2.75, 3.05) is 13.2 Å². The van der Waals surface area contributed by atoms with Gasteiger partial charge in [-0.05, 0) is 55.9 Å². The van der Waals surface area contributed by atoms with E-state index in [0.717, 1.165) is 23.5 Å². The Labute approximate surface area is 113 Å². The first-order chi connectivity index (χ1) is 8.72. The highest BCUT2D eigenvalue weighted by Gasteiger charge is 2.17. The van der Waals surface area contributed by atoms with Gasteiger partial charge in [0.05, 0.1) is 6.61 Å². The summed E-state index contributed by atoms with van der Waals surface area (Å²) in [7, 11) is 0. The molecular weight excluding hydrogens is 248 g/mol. The number of carbonyl (C=O) groups excluding carboxylic acids is 1. The van der Waals surface area contributed by atoms with Crippen molar-refractivity contribution < 1.29 is 14.3 Å². The van der Waals surface area contributed by atoms with Gasteiger partial charge in [-0.1, -0.05) is 0 Å². The molecule has 1 aromatic carbocycles. The number of esters is 1. The first kappa shape index (κ1) is 13.3. The van der Waals surface area contributed by atoms with Gasteiger partial charge in [0, 0.05) is 4.90 Å². The molecule has 0 aromatic heterocycles. The van der Waals surface area contributed by atoms with Crippen LogP contribution in [0, 0.1) is 0 Å². The predicted molar refractivity (Wildman–Crippen MR) is 72.5 cm³/mol. The lowest BCUT2D eigenvalue weighted by atomic mass is 9.91. The number of ether oxygens (including phenoxy) is 2. The van der Waals surface area contributed by atoms with Crippen molar-refractivity contribution in [1.29, 1.82) is 0 Å². The molecule has 0 unspecified atom stereocenters. The number of carbonyl (C=O) groups is 1.